The molecule has 3 nitrogen and oxygen atoms in total. The SMILES string of the molecule is Cc1cccc([C@@H]2CC(=O)NC3=C2C(=O)C[C@H](c2ccc(F)cc2)C3)c1. The van der Waals surface area contributed by atoms with Crippen LogP contribution in [0.15, 0.2) is 59.8 Å². The summed E-state index contributed by atoms with van der Waals surface area (Å²) in [7, 11) is 0. The fourth-order valence-corrected chi connectivity index (χ4v) is 4.10. The van der Waals surface area contributed by atoms with E-state index in [1.54, 1.807) is 12.1 Å². The second-order valence-corrected chi connectivity index (χ2v) is 7.19. The Balaban J connectivity index is 1.71. The predicted molar refractivity (Wildman–Crippen MR) is 97.1 cm³/mol. The molecule has 26 heavy (non-hydrogen) atoms. The van der Waals surface area contributed by atoms with Crippen LogP contribution >= 0.6 is 0 Å². The summed E-state index contributed by atoms with van der Waals surface area (Å²) in [5, 5.41) is 2.92. The van der Waals surface area contributed by atoms with E-state index in [1.807, 2.05) is 31.2 Å². The number of aryl methyl sites for hydroxylation is 1. The minimum Gasteiger partial charge on any atom is -0.329 e. The van der Waals surface area contributed by atoms with Crippen LogP contribution in [0.5, 0.6) is 0 Å². The third-order valence-corrected chi connectivity index (χ3v) is 5.32. The van der Waals surface area contributed by atoms with Crippen LogP contribution in [0.1, 0.15) is 47.8 Å². The van der Waals surface area contributed by atoms with Crippen LogP contribution in [-0.2, 0) is 9.59 Å². The van der Waals surface area contributed by atoms with Gasteiger partial charge < -0.3 is 5.32 Å². The number of hydrogen-bond donors (Lipinski definition) is 1. The number of ketones is 1. The van der Waals surface area contributed by atoms with Crippen molar-refractivity contribution in [2.45, 2.75) is 38.0 Å². The number of benzene rings is 2. The summed E-state index contributed by atoms with van der Waals surface area (Å²) in [5.41, 5.74) is 4.54. The molecule has 0 unspecified atom stereocenters. The second-order valence-electron chi connectivity index (χ2n) is 7.19. The van der Waals surface area contributed by atoms with E-state index in [0.717, 1.165) is 28.0 Å². The van der Waals surface area contributed by atoms with E-state index in [9.17, 15) is 14.0 Å². The van der Waals surface area contributed by atoms with Crippen LogP contribution in [0.25, 0.3) is 0 Å². The normalized spacial score (nSPS) is 22.8. The molecule has 0 saturated carbocycles. The summed E-state index contributed by atoms with van der Waals surface area (Å²) in [5.74, 6) is -0.477. The average Bonchev–Trinajstić information content (AvgIpc) is 2.61. The number of nitrogens with one attached hydrogen (secondary N) is 1. The van der Waals surface area contributed by atoms with Gasteiger partial charge >= 0.3 is 0 Å². The molecule has 2 aromatic carbocycles. The first-order chi connectivity index (χ1) is 12.5. The first-order valence-corrected chi connectivity index (χ1v) is 8.89. The highest BCUT2D eigenvalue weighted by Gasteiger charge is 2.38. The van der Waals surface area contributed by atoms with Gasteiger partial charge in [0.2, 0.25) is 5.91 Å². The molecule has 0 radical (unpaired) electrons. The quantitative estimate of drug-likeness (QED) is 0.886. The van der Waals surface area contributed by atoms with Crippen molar-refractivity contribution in [3.05, 3.63) is 82.3 Å². The van der Waals surface area contributed by atoms with Crippen LogP contribution in [-0.4, -0.2) is 11.7 Å². The van der Waals surface area contributed by atoms with Gasteiger partial charge in [-0.15, -0.1) is 0 Å². The lowest BCUT2D eigenvalue weighted by Crippen LogP contribution is -2.38. The molecule has 1 amide bonds. The number of amides is 1. The van der Waals surface area contributed by atoms with Gasteiger partial charge in [0.1, 0.15) is 5.82 Å². The second kappa shape index (κ2) is 6.52. The van der Waals surface area contributed by atoms with Gasteiger partial charge in [-0.3, -0.25) is 9.59 Å². The highest BCUT2D eigenvalue weighted by molar-refractivity contribution is 6.02. The molecule has 1 heterocycles. The summed E-state index contributed by atoms with van der Waals surface area (Å²) in [4.78, 5) is 25.2. The molecule has 0 aromatic heterocycles. The van der Waals surface area contributed by atoms with Crippen LogP contribution in [0, 0.1) is 12.7 Å². The van der Waals surface area contributed by atoms with Gasteiger partial charge in [-0.25, -0.2) is 4.39 Å². The Labute approximate surface area is 151 Å². The summed E-state index contributed by atoms with van der Waals surface area (Å²) >= 11 is 0. The fraction of sp³-hybridized carbons (Fsp3) is 0.273. The van der Waals surface area contributed by atoms with Gasteiger partial charge in [-0.2, -0.15) is 0 Å². The molecule has 4 rings (SSSR count). The Morgan fingerprint density at radius 3 is 2.46 bits per heavy atom. The zero-order chi connectivity index (χ0) is 18.3. The number of carbonyl (C=O) groups is 2. The molecule has 0 spiro atoms. The van der Waals surface area contributed by atoms with Crippen molar-refractivity contribution in [1.29, 1.82) is 0 Å². The zero-order valence-electron chi connectivity index (χ0n) is 14.6. The monoisotopic (exact) mass is 349 g/mol. The maximum Gasteiger partial charge on any atom is 0.225 e. The summed E-state index contributed by atoms with van der Waals surface area (Å²) in [6.45, 7) is 2.01. The van der Waals surface area contributed by atoms with E-state index >= 15 is 0 Å². The van der Waals surface area contributed by atoms with Gasteiger partial charge in [0.15, 0.2) is 5.78 Å². The average molecular weight is 349 g/mol. The molecular weight excluding hydrogens is 329 g/mol. The Morgan fingerprint density at radius 2 is 1.73 bits per heavy atom. The fourth-order valence-electron chi connectivity index (χ4n) is 4.10. The third kappa shape index (κ3) is 3.07. The first-order valence-electron chi connectivity index (χ1n) is 8.89. The summed E-state index contributed by atoms with van der Waals surface area (Å²) < 4.78 is 13.2. The molecule has 2 aliphatic rings. The van der Waals surface area contributed by atoms with Crippen LogP contribution in [0.4, 0.5) is 4.39 Å². The maximum absolute atomic E-state index is 13.2. The lowest BCUT2D eigenvalue weighted by atomic mass is 9.73. The number of Topliss-reactive ketones (excluding diaryl/α,β-unsaturated/α-hetero) is 1. The minimum absolute atomic E-state index is 0.0293. The van der Waals surface area contributed by atoms with E-state index < -0.39 is 0 Å². The van der Waals surface area contributed by atoms with Gasteiger partial charge in [0, 0.05) is 30.0 Å². The van der Waals surface area contributed by atoms with Crippen molar-refractivity contribution in [3.63, 3.8) is 0 Å². The van der Waals surface area contributed by atoms with E-state index in [4.69, 9.17) is 0 Å². The smallest absolute Gasteiger partial charge is 0.225 e. The highest BCUT2D eigenvalue weighted by Crippen LogP contribution is 2.42. The van der Waals surface area contributed by atoms with Crippen molar-refractivity contribution in [2.75, 3.05) is 0 Å². The summed E-state index contributed by atoms with van der Waals surface area (Å²) in [6, 6.07) is 14.3. The molecule has 2 aromatic rings. The Kier molecular flexibility index (Phi) is 4.19. The van der Waals surface area contributed by atoms with E-state index in [1.165, 1.54) is 12.1 Å². The number of carbonyl (C=O) groups excluding carboxylic acids is 2. The zero-order valence-corrected chi connectivity index (χ0v) is 14.6. The Hall–Kier alpha value is -2.75. The Morgan fingerprint density at radius 1 is 0.962 bits per heavy atom. The molecule has 1 aliphatic carbocycles. The molecule has 0 bridgehead atoms. The van der Waals surface area contributed by atoms with Crippen molar-refractivity contribution in [1.82, 2.24) is 5.32 Å². The standard InChI is InChI=1S/C22H20FNO2/c1-13-3-2-4-15(9-13)18-12-21(26)24-19-10-16(11-20(25)22(18)19)14-5-7-17(23)8-6-14/h2-9,16,18H,10-12H2,1H3,(H,24,26)/t16-,18+/m1/s1. The topological polar surface area (TPSA) is 46.2 Å². The van der Waals surface area contributed by atoms with Gasteiger partial charge in [0.25, 0.3) is 0 Å². The van der Waals surface area contributed by atoms with Crippen LogP contribution in [0.2, 0.25) is 0 Å². The van der Waals surface area contributed by atoms with E-state index in [-0.39, 0.29) is 29.3 Å². The van der Waals surface area contributed by atoms with Gasteiger partial charge in [-0.05, 0) is 42.5 Å². The lowest BCUT2D eigenvalue weighted by molar-refractivity contribution is -0.122. The maximum atomic E-state index is 13.2. The molecular formula is C22H20FNO2. The molecule has 1 N–H and O–H groups in total. The first kappa shape index (κ1) is 16.7. The molecule has 1 aliphatic heterocycles. The van der Waals surface area contributed by atoms with Crippen molar-refractivity contribution in [3.8, 4) is 0 Å². The third-order valence-electron chi connectivity index (χ3n) is 5.32. The lowest BCUT2D eigenvalue weighted by Gasteiger charge is -2.34. The van der Waals surface area contributed by atoms with E-state index in [2.05, 4.69) is 5.32 Å². The number of allylic oxidation sites excluding steroid dienone is 2. The molecule has 4 heteroatoms. The van der Waals surface area contributed by atoms with Crippen LogP contribution < -0.4 is 5.32 Å². The minimum atomic E-state index is -0.290. The van der Waals surface area contributed by atoms with Crippen molar-refractivity contribution in [2.24, 2.45) is 0 Å². The Bertz CT molecular complexity index is 914. The largest absolute Gasteiger partial charge is 0.329 e. The number of hydrogen-bond acceptors (Lipinski definition) is 2. The molecule has 0 saturated heterocycles. The van der Waals surface area contributed by atoms with Gasteiger partial charge in [-0.1, -0.05) is 42.0 Å². The van der Waals surface area contributed by atoms with Crippen molar-refractivity contribution < 1.29 is 14.0 Å². The number of rotatable bonds is 2. The van der Waals surface area contributed by atoms with E-state index in [0.29, 0.717) is 19.3 Å². The molecule has 0 fully saturated rings. The number of halogens is 1. The molecule has 2 atom stereocenters. The summed E-state index contributed by atoms with van der Waals surface area (Å²) in [6.07, 6.45) is 1.29. The van der Waals surface area contributed by atoms with Crippen molar-refractivity contribution >= 4 is 11.7 Å². The van der Waals surface area contributed by atoms with Gasteiger partial charge in [0.05, 0.1) is 0 Å². The molecule has 132 valence electrons. The highest BCUT2D eigenvalue weighted by atomic mass is 19.1. The van der Waals surface area contributed by atoms with Crippen LogP contribution in [0.3, 0.4) is 0 Å². The predicted octanol–water partition coefficient (Wildman–Crippen LogP) is 4.14.